The molecular weight excluding hydrogens is 276 g/mol. The number of hydrogen-bond acceptors (Lipinski definition) is 2. The molecule has 0 saturated carbocycles. The van der Waals surface area contributed by atoms with Crippen molar-refractivity contribution in [2.24, 2.45) is 5.41 Å². The molecule has 1 heterocycles. The normalized spacial score (nSPS) is 30.0. The molecule has 3 atom stereocenters. The van der Waals surface area contributed by atoms with E-state index in [0.29, 0.717) is 0 Å². The van der Waals surface area contributed by atoms with Crippen molar-refractivity contribution in [1.82, 2.24) is 0 Å². The molecule has 2 nitrogen and oxygen atoms in total. The average molecular weight is 307 g/mol. The minimum absolute atomic E-state index is 0.0344. The Morgan fingerprint density at radius 1 is 1.14 bits per heavy atom. The van der Waals surface area contributed by atoms with Gasteiger partial charge in [-0.2, -0.15) is 0 Å². The van der Waals surface area contributed by atoms with Crippen LogP contribution in [0.15, 0.2) is 30.3 Å². The molecule has 21 heavy (non-hydrogen) atoms. The van der Waals surface area contributed by atoms with Gasteiger partial charge in [0.15, 0.2) is 8.32 Å². The SMILES string of the molecule is CC[C@H]1O[C@@H](c2ccccc2)[C@]1(O[Si](C)(C)C)C(C)(C)C. The Hall–Kier alpha value is -0.643. The van der Waals surface area contributed by atoms with Gasteiger partial charge >= 0.3 is 0 Å². The second-order valence-corrected chi connectivity index (χ2v) is 12.5. The molecule has 0 aromatic heterocycles. The van der Waals surface area contributed by atoms with Crippen LogP contribution in [0.2, 0.25) is 19.6 Å². The Balaban J connectivity index is 2.47. The van der Waals surface area contributed by atoms with Crippen molar-refractivity contribution in [2.75, 3.05) is 0 Å². The summed E-state index contributed by atoms with van der Waals surface area (Å²) in [4.78, 5) is 0. The van der Waals surface area contributed by atoms with E-state index in [1.807, 2.05) is 0 Å². The molecule has 1 aliphatic heterocycles. The fourth-order valence-electron chi connectivity index (χ4n) is 3.47. The largest absolute Gasteiger partial charge is 0.406 e. The van der Waals surface area contributed by atoms with Gasteiger partial charge in [-0.1, -0.05) is 58.0 Å². The maximum absolute atomic E-state index is 6.81. The topological polar surface area (TPSA) is 18.5 Å². The van der Waals surface area contributed by atoms with E-state index in [1.165, 1.54) is 5.56 Å². The zero-order valence-corrected chi connectivity index (χ0v) is 15.6. The quantitative estimate of drug-likeness (QED) is 0.714. The summed E-state index contributed by atoms with van der Waals surface area (Å²) >= 11 is 0. The third-order valence-electron chi connectivity index (χ3n) is 4.29. The van der Waals surface area contributed by atoms with Gasteiger partial charge in [0.1, 0.15) is 11.7 Å². The first-order chi connectivity index (χ1) is 9.62. The highest BCUT2D eigenvalue weighted by atomic mass is 28.4. The molecule has 3 heteroatoms. The van der Waals surface area contributed by atoms with Crippen LogP contribution in [0.5, 0.6) is 0 Å². The van der Waals surface area contributed by atoms with Crippen LogP contribution in [0.25, 0.3) is 0 Å². The number of hydrogen-bond donors (Lipinski definition) is 0. The summed E-state index contributed by atoms with van der Waals surface area (Å²) in [5.41, 5.74) is 1.04. The van der Waals surface area contributed by atoms with Gasteiger partial charge in [-0.25, -0.2) is 0 Å². The van der Waals surface area contributed by atoms with Gasteiger partial charge in [0.25, 0.3) is 0 Å². The Morgan fingerprint density at radius 3 is 2.14 bits per heavy atom. The maximum atomic E-state index is 6.81. The van der Waals surface area contributed by atoms with E-state index in [4.69, 9.17) is 9.16 Å². The van der Waals surface area contributed by atoms with Gasteiger partial charge in [0, 0.05) is 0 Å². The first kappa shape index (κ1) is 16.7. The minimum atomic E-state index is -1.68. The van der Waals surface area contributed by atoms with Gasteiger partial charge < -0.3 is 9.16 Å². The summed E-state index contributed by atoms with van der Waals surface area (Å²) in [6.45, 7) is 15.9. The van der Waals surface area contributed by atoms with Crippen LogP contribution in [0.1, 0.15) is 45.8 Å². The van der Waals surface area contributed by atoms with E-state index in [-0.39, 0.29) is 23.2 Å². The van der Waals surface area contributed by atoms with Crippen LogP contribution in [-0.4, -0.2) is 20.0 Å². The maximum Gasteiger partial charge on any atom is 0.184 e. The molecule has 1 saturated heterocycles. The van der Waals surface area contributed by atoms with Crippen molar-refractivity contribution in [3.63, 3.8) is 0 Å². The van der Waals surface area contributed by atoms with E-state index in [9.17, 15) is 0 Å². The molecule has 118 valence electrons. The van der Waals surface area contributed by atoms with Crippen LogP contribution in [0.3, 0.4) is 0 Å². The van der Waals surface area contributed by atoms with Crippen molar-refractivity contribution in [1.29, 1.82) is 0 Å². The Labute approximate surface area is 131 Å². The predicted molar refractivity (Wildman–Crippen MR) is 91.0 cm³/mol. The minimum Gasteiger partial charge on any atom is -0.406 e. The molecule has 1 aliphatic rings. The molecule has 0 N–H and O–H groups in total. The standard InChI is InChI=1S/C18H30O2Si/c1-8-15-18(17(2,3)4,20-21(5,6)7)16(19-15)14-12-10-9-11-13-14/h9-13,15-16H,8H2,1-7H3/t15-,16+,18+/m1/s1. The Morgan fingerprint density at radius 2 is 1.71 bits per heavy atom. The average Bonchev–Trinajstić information content (AvgIpc) is 2.34. The highest BCUT2D eigenvalue weighted by molar-refractivity contribution is 6.69. The van der Waals surface area contributed by atoms with E-state index in [2.05, 4.69) is 77.7 Å². The molecule has 1 aromatic carbocycles. The van der Waals surface area contributed by atoms with Gasteiger partial charge in [0.2, 0.25) is 0 Å². The van der Waals surface area contributed by atoms with Gasteiger partial charge in [0.05, 0.1) is 6.10 Å². The lowest BCUT2D eigenvalue weighted by atomic mass is 9.64. The highest BCUT2D eigenvalue weighted by Gasteiger charge is 2.64. The fourth-order valence-corrected chi connectivity index (χ4v) is 5.03. The predicted octanol–water partition coefficient (Wildman–Crippen LogP) is 5.17. The number of rotatable bonds is 4. The molecular formula is C18H30O2Si. The van der Waals surface area contributed by atoms with Crippen LogP contribution in [0, 0.1) is 5.41 Å². The van der Waals surface area contributed by atoms with Crippen molar-refractivity contribution in [3.05, 3.63) is 35.9 Å². The summed E-state index contributed by atoms with van der Waals surface area (Å²) in [5, 5.41) is 0. The molecule has 0 amide bonds. The van der Waals surface area contributed by atoms with Crippen LogP contribution in [0.4, 0.5) is 0 Å². The van der Waals surface area contributed by atoms with Crippen LogP contribution in [-0.2, 0) is 9.16 Å². The molecule has 0 unspecified atom stereocenters. The summed E-state index contributed by atoms with van der Waals surface area (Å²) in [5.74, 6) is 0. The van der Waals surface area contributed by atoms with E-state index >= 15 is 0 Å². The first-order valence-corrected chi connectivity index (χ1v) is 11.4. The molecule has 1 fully saturated rings. The lowest BCUT2D eigenvalue weighted by Gasteiger charge is -2.63. The van der Waals surface area contributed by atoms with E-state index < -0.39 is 8.32 Å². The second kappa shape index (κ2) is 5.53. The zero-order valence-electron chi connectivity index (χ0n) is 14.6. The fraction of sp³-hybridized carbons (Fsp3) is 0.667. The van der Waals surface area contributed by atoms with E-state index in [1.54, 1.807) is 0 Å². The first-order valence-electron chi connectivity index (χ1n) is 8.02. The van der Waals surface area contributed by atoms with Crippen molar-refractivity contribution in [2.45, 2.75) is 71.6 Å². The summed E-state index contributed by atoms with van der Waals surface area (Å²) in [7, 11) is -1.68. The molecule has 2 rings (SSSR count). The van der Waals surface area contributed by atoms with Gasteiger partial charge in [-0.3, -0.25) is 0 Å². The number of ether oxygens (including phenoxy) is 1. The zero-order chi connectivity index (χ0) is 15.9. The van der Waals surface area contributed by atoms with Gasteiger partial charge in [-0.05, 0) is 37.0 Å². The molecule has 0 spiro atoms. The Kier molecular flexibility index (Phi) is 4.40. The highest BCUT2D eigenvalue weighted by Crippen LogP contribution is 2.58. The second-order valence-electron chi connectivity index (χ2n) is 8.08. The number of benzene rings is 1. The third kappa shape index (κ3) is 2.96. The molecule has 0 radical (unpaired) electrons. The third-order valence-corrected chi connectivity index (χ3v) is 5.24. The smallest absolute Gasteiger partial charge is 0.184 e. The molecule has 0 bridgehead atoms. The van der Waals surface area contributed by atoms with Crippen molar-refractivity contribution >= 4 is 8.32 Å². The van der Waals surface area contributed by atoms with Crippen molar-refractivity contribution in [3.8, 4) is 0 Å². The Bertz CT molecular complexity index is 472. The van der Waals surface area contributed by atoms with Gasteiger partial charge in [-0.15, -0.1) is 0 Å². The summed E-state index contributed by atoms with van der Waals surface area (Å²) < 4.78 is 13.1. The summed E-state index contributed by atoms with van der Waals surface area (Å²) in [6, 6.07) is 10.5. The monoisotopic (exact) mass is 306 g/mol. The molecule has 1 aromatic rings. The van der Waals surface area contributed by atoms with Crippen LogP contribution < -0.4 is 0 Å². The van der Waals surface area contributed by atoms with E-state index in [0.717, 1.165) is 6.42 Å². The lowest BCUT2D eigenvalue weighted by Crippen LogP contribution is -2.70. The van der Waals surface area contributed by atoms with Crippen molar-refractivity contribution < 1.29 is 9.16 Å². The summed E-state index contributed by atoms with van der Waals surface area (Å²) in [6.07, 6.45) is 1.20. The lowest BCUT2D eigenvalue weighted by molar-refractivity contribution is -0.324. The van der Waals surface area contributed by atoms with Crippen LogP contribution >= 0.6 is 0 Å². The molecule has 0 aliphatic carbocycles.